The van der Waals surface area contributed by atoms with Crippen molar-refractivity contribution in [1.29, 1.82) is 0 Å². The summed E-state index contributed by atoms with van der Waals surface area (Å²) in [4.78, 5) is 15.2. The Balaban J connectivity index is 1.54. The number of nitrogens with zero attached hydrogens (tertiary/aromatic N) is 1. The van der Waals surface area contributed by atoms with Gasteiger partial charge in [0, 0.05) is 26.6 Å². The highest BCUT2D eigenvalue weighted by molar-refractivity contribution is 5.79. The number of guanidine groups is 1. The largest absolute Gasteiger partial charge is 0.469 e. The molecule has 0 aromatic heterocycles. The molecular weight excluding hydrogens is 334 g/mol. The van der Waals surface area contributed by atoms with Crippen LogP contribution >= 0.6 is 0 Å². The molecule has 1 heterocycles. The molecule has 7 nitrogen and oxygen atoms in total. The van der Waals surface area contributed by atoms with Gasteiger partial charge in [-0.05, 0) is 37.0 Å². The molecule has 2 N–H and O–H groups in total. The maximum Gasteiger partial charge on any atom is 0.305 e. The number of unbranched alkanes of at least 4 members (excludes halogenated alkanes) is 3. The molecule has 144 valence electrons. The lowest BCUT2D eigenvalue weighted by atomic mass is 10.1. The minimum absolute atomic E-state index is 0.129. The van der Waals surface area contributed by atoms with Crippen LogP contribution in [0.1, 0.15) is 37.7 Å². The van der Waals surface area contributed by atoms with Crippen molar-refractivity contribution in [3.05, 3.63) is 23.8 Å². The van der Waals surface area contributed by atoms with Gasteiger partial charge in [0.2, 0.25) is 6.79 Å². The van der Waals surface area contributed by atoms with E-state index in [-0.39, 0.29) is 5.97 Å². The minimum Gasteiger partial charge on any atom is -0.469 e. The molecule has 0 unspecified atom stereocenters. The summed E-state index contributed by atoms with van der Waals surface area (Å²) in [5.74, 6) is 2.30. The van der Waals surface area contributed by atoms with E-state index < -0.39 is 0 Å². The number of aliphatic imine (C=N–C) groups is 1. The number of methoxy groups -OCH3 is 1. The quantitative estimate of drug-likeness (QED) is 0.287. The SMILES string of the molecule is CN=C(NCCCCCCC(=O)OC)NCCc1ccc2c(c1)OCO2. The Morgan fingerprint density at radius 3 is 2.69 bits per heavy atom. The Labute approximate surface area is 155 Å². The van der Waals surface area contributed by atoms with E-state index in [4.69, 9.17) is 9.47 Å². The highest BCUT2D eigenvalue weighted by Crippen LogP contribution is 2.32. The van der Waals surface area contributed by atoms with Gasteiger partial charge in [0.25, 0.3) is 0 Å². The van der Waals surface area contributed by atoms with Crippen molar-refractivity contribution in [1.82, 2.24) is 10.6 Å². The first-order valence-electron chi connectivity index (χ1n) is 9.13. The molecular formula is C19H29N3O4. The Hall–Kier alpha value is -2.44. The fraction of sp³-hybridized carbons (Fsp3) is 0.579. The zero-order valence-electron chi connectivity index (χ0n) is 15.7. The van der Waals surface area contributed by atoms with Crippen LogP contribution in [0.25, 0.3) is 0 Å². The van der Waals surface area contributed by atoms with Crippen molar-refractivity contribution < 1.29 is 19.0 Å². The first-order valence-corrected chi connectivity index (χ1v) is 9.13. The maximum absolute atomic E-state index is 11.0. The predicted molar refractivity (Wildman–Crippen MR) is 101 cm³/mol. The van der Waals surface area contributed by atoms with Crippen molar-refractivity contribution >= 4 is 11.9 Å². The number of hydrogen-bond acceptors (Lipinski definition) is 5. The summed E-state index contributed by atoms with van der Waals surface area (Å²) in [6.07, 6.45) is 5.43. The summed E-state index contributed by atoms with van der Waals surface area (Å²) in [6, 6.07) is 6.03. The number of fused-ring (bicyclic) bond motifs is 1. The normalized spacial score (nSPS) is 12.8. The van der Waals surface area contributed by atoms with E-state index in [1.807, 2.05) is 12.1 Å². The zero-order chi connectivity index (χ0) is 18.6. The molecule has 0 saturated carbocycles. The third-order valence-corrected chi connectivity index (χ3v) is 4.19. The molecule has 0 radical (unpaired) electrons. The van der Waals surface area contributed by atoms with E-state index in [1.54, 1.807) is 7.05 Å². The van der Waals surface area contributed by atoms with Crippen LogP contribution in [0.2, 0.25) is 0 Å². The lowest BCUT2D eigenvalue weighted by Crippen LogP contribution is -2.38. The van der Waals surface area contributed by atoms with Crippen LogP contribution in [0.5, 0.6) is 11.5 Å². The summed E-state index contributed by atoms with van der Waals surface area (Å²) >= 11 is 0. The Kier molecular flexibility index (Phi) is 8.59. The van der Waals surface area contributed by atoms with Gasteiger partial charge in [-0.1, -0.05) is 18.9 Å². The summed E-state index contributed by atoms with van der Waals surface area (Å²) in [5, 5.41) is 6.63. The van der Waals surface area contributed by atoms with Crippen LogP contribution < -0.4 is 20.1 Å². The Bertz CT molecular complexity index is 604. The van der Waals surface area contributed by atoms with E-state index >= 15 is 0 Å². The second-order valence-electron chi connectivity index (χ2n) is 6.10. The molecule has 2 rings (SSSR count). The molecule has 26 heavy (non-hydrogen) atoms. The minimum atomic E-state index is -0.129. The van der Waals surface area contributed by atoms with E-state index in [0.29, 0.717) is 13.2 Å². The second kappa shape index (κ2) is 11.2. The maximum atomic E-state index is 11.0. The summed E-state index contributed by atoms with van der Waals surface area (Å²) in [7, 11) is 3.20. The van der Waals surface area contributed by atoms with Crippen LogP contribution in [-0.2, 0) is 16.0 Å². The Morgan fingerprint density at radius 1 is 1.12 bits per heavy atom. The number of ether oxygens (including phenoxy) is 3. The van der Waals surface area contributed by atoms with Gasteiger partial charge in [0.05, 0.1) is 7.11 Å². The van der Waals surface area contributed by atoms with Crippen molar-refractivity contribution in [2.24, 2.45) is 4.99 Å². The van der Waals surface area contributed by atoms with Crippen molar-refractivity contribution in [3.63, 3.8) is 0 Å². The average molecular weight is 363 g/mol. The lowest BCUT2D eigenvalue weighted by Gasteiger charge is -2.12. The van der Waals surface area contributed by atoms with Gasteiger partial charge in [0.15, 0.2) is 17.5 Å². The molecule has 0 fully saturated rings. The van der Waals surface area contributed by atoms with Gasteiger partial charge in [0.1, 0.15) is 0 Å². The molecule has 0 bridgehead atoms. The van der Waals surface area contributed by atoms with Crippen molar-refractivity contribution in [3.8, 4) is 11.5 Å². The van der Waals surface area contributed by atoms with E-state index in [2.05, 4.69) is 26.4 Å². The van der Waals surface area contributed by atoms with Crippen LogP contribution in [-0.4, -0.2) is 46.0 Å². The van der Waals surface area contributed by atoms with Gasteiger partial charge >= 0.3 is 5.97 Å². The van der Waals surface area contributed by atoms with Gasteiger partial charge < -0.3 is 24.8 Å². The molecule has 0 saturated heterocycles. The van der Waals surface area contributed by atoms with Gasteiger partial charge in [-0.2, -0.15) is 0 Å². The van der Waals surface area contributed by atoms with E-state index in [1.165, 1.54) is 12.7 Å². The molecule has 7 heteroatoms. The fourth-order valence-electron chi connectivity index (χ4n) is 2.70. The standard InChI is InChI=1S/C19H29N3O4/c1-20-19(21-11-6-4-3-5-7-18(23)24-2)22-12-10-15-8-9-16-17(13-15)26-14-25-16/h8-9,13H,3-7,10-12,14H2,1-2H3,(H2,20,21,22). The fourth-order valence-corrected chi connectivity index (χ4v) is 2.70. The summed E-state index contributed by atoms with van der Waals surface area (Å²) in [5.41, 5.74) is 1.20. The molecule has 0 spiro atoms. The first-order chi connectivity index (χ1) is 12.7. The number of nitrogens with one attached hydrogen (secondary N) is 2. The molecule has 1 aromatic rings. The lowest BCUT2D eigenvalue weighted by molar-refractivity contribution is -0.140. The van der Waals surface area contributed by atoms with Crippen LogP contribution in [0.15, 0.2) is 23.2 Å². The second-order valence-corrected chi connectivity index (χ2v) is 6.10. The average Bonchev–Trinajstić information content (AvgIpc) is 3.13. The molecule has 0 amide bonds. The van der Waals surface area contributed by atoms with Gasteiger partial charge in [-0.25, -0.2) is 0 Å². The van der Waals surface area contributed by atoms with Gasteiger partial charge in [-0.3, -0.25) is 9.79 Å². The number of esters is 1. The highest BCUT2D eigenvalue weighted by atomic mass is 16.7. The number of carbonyl (C=O) groups is 1. The molecule has 1 aliphatic heterocycles. The predicted octanol–water partition coefficient (Wildman–Crippen LogP) is 2.25. The Morgan fingerprint density at radius 2 is 1.88 bits per heavy atom. The number of benzene rings is 1. The first kappa shape index (κ1) is 19.9. The molecule has 0 aliphatic carbocycles. The summed E-state index contributed by atoms with van der Waals surface area (Å²) < 4.78 is 15.3. The molecule has 0 atom stereocenters. The van der Waals surface area contributed by atoms with E-state index in [0.717, 1.165) is 62.7 Å². The number of rotatable bonds is 10. The van der Waals surface area contributed by atoms with Crippen LogP contribution in [0.4, 0.5) is 0 Å². The van der Waals surface area contributed by atoms with E-state index in [9.17, 15) is 4.79 Å². The van der Waals surface area contributed by atoms with Crippen molar-refractivity contribution in [2.75, 3.05) is 34.0 Å². The van der Waals surface area contributed by atoms with Crippen LogP contribution in [0.3, 0.4) is 0 Å². The number of hydrogen-bond donors (Lipinski definition) is 2. The van der Waals surface area contributed by atoms with Crippen molar-refractivity contribution in [2.45, 2.75) is 38.5 Å². The topological polar surface area (TPSA) is 81.2 Å². The monoisotopic (exact) mass is 363 g/mol. The molecule has 1 aliphatic rings. The third-order valence-electron chi connectivity index (χ3n) is 4.19. The smallest absolute Gasteiger partial charge is 0.305 e. The zero-order valence-corrected chi connectivity index (χ0v) is 15.7. The highest BCUT2D eigenvalue weighted by Gasteiger charge is 2.12. The summed E-state index contributed by atoms with van der Waals surface area (Å²) in [6.45, 7) is 1.96. The third kappa shape index (κ3) is 6.82. The van der Waals surface area contributed by atoms with Gasteiger partial charge in [-0.15, -0.1) is 0 Å². The number of carbonyl (C=O) groups excluding carboxylic acids is 1. The van der Waals surface area contributed by atoms with Crippen LogP contribution in [0, 0.1) is 0 Å². The molecule has 1 aromatic carbocycles.